The maximum Gasteiger partial charge on any atom is 0.253 e. The molecule has 2 amide bonds. The van der Waals surface area contributed by atoms with E-state index < -0.39 is 0 Å². The van der Waals surface area contributed by atoms with Crippen molar-refractivity contribution in [3.05, 3.63) is 71.9 Å². The van der Waals surface area contributed by atoms with Crippen molar-refractivity contribution in [3.8, 4) is 0 Å². The number of amides is 2. The van der Waals surface area contributed by atoms with Crippen LogP contribution in [-0.4, -0.2) is 35.4 Å². The van der Waals surface area contributed by atoms with Crippen LogP contribution in [0.25, 0.3) is 10.9 Å². The van der Waals surface area contributed by atoms with Gasteiger partial charge in [0.1, 0.15) is 0 Å². The molecule has 3 aromatic rings. The van der Waals surface area contributed by atoms with Gasteiger partial charge in [-0.3, -0.25) is 9.59 Å². The molecule has 5 nitrogen and oxygen atoms in total. The highest BCUT2D eigenvalue weighted by atomic mass is 16.2. The third-order valence-electron chi connectivity index (χ3n) is 4.36. The van der Waals surface area contributed by atoms with Crippen LogP contribution in [0.2, 0.25) is 0 Å². The van der Waals surface area contributed by atoms with E-state index in [1.165, 1.54) is 5.39 Å². The monoisotopic (exact) mass is 349 g/mol. The van der Waals surface area contributed by atoms with E-state index in [9.17, 15) is 9.59 Å². The van der Waals surface area contributed by atoms with Crippen LogP contribution in [0.1, 0.15) is 22.3 Å². The van der Waals surface area contributed by atoms with Crippen molar-refractivity contribution < 1.29 is 9.59 Å². The molecule has 3 rings (SSSR count). The van der Waals surface area contributed by atoms with Gasteiger partial charge in [-0.1, -0.05) is 30.3 Å². The molecular formula is C21H23N3O2. The van der Waals surface area contributed by atoms with Gasteiger partial charge in [0.05, 0.1) is 0 Å². The fourth-order valence-corrected chi connectivity index (χ4v) is 2.87. The molecule has 0 aliphatic heterocycles. The number of aryl methyl sites for hydroxylation is 1. The van der Waals surface area contributed by atoms with Gasteiger partial charge in [-0.2, -0.15) is 0 Å². The molecule has 5 heteroatoms. The number of nitrogens with zero attached hydrogens (tertiary/aromatic N) is 2. The fourth-order valence-electron chi connectivity index (χ4n) is 2.87. The lowest BCUT2D eigenvalue weighted by molar-refractivity contribution is -0.121. The van der Waals surface area contributed by atoms with Gasteiger partial charge in [-0.15, -0.1) is 0 Å². The molecule has 1 aromatic heterocycles. The summed E-state index contributed by atoms with van der Waals surface area (Å²) in [7, 11) is 3.45. The van der Waals surface area contributed by atoms with E-state index in [4.69, 9.17) is 0 Å². The van der Waals surface area contributed by atoms with Crippen LogP contribution in [0.4, 0.5) is 0 Å². The molecule has 134 valence electrons. The first kappa shape index (κ1) is 17.7. The number of carbonyl (C=O) groups excluding carboxylic acids is 2. The Balaban J connectivity index is 1.50. The molecule has 0 saturated heterocycles. The van der Waals surface area contributed by atoms with Crippen molar-refractivity contribution in [2.45, 2.75) is 19.5 Å². The average Bonchev–Trinajstić information content (AvgIpc) is 3.07. The first-order valence-electron chi connectivity index (χ1n) is 8.66. The summed E-state index contributed by atoms with van der Waals surface area (Å²) in [5.41, 5.74) is 2.76. The molecule has 1 N–H and O–H groups in total. The smallest absolute Gasteiger partial charge is 0.253 e. The summed E-state index contributed by atoms with van der Waals surface area (Å²) in [4.78, 5) is 25.5. The second-order valence-electron chi connectivity index (χ2n) is 6.49. The summed E-state index contributed by atoms with van der Waals surface area (Å²) in [6, 6.07) is 17.5. The number of hydrogen-bond donors (Lipinski definition) is 1. The molecule has 0 spiro atoms. The van der Waals surface area contributed by atoms with Gasteiger partial charge in [0.2, 0.25) is 5.91 Å². The zero-order chi connectivity index (χ0) is 18.5. The topological polar surface area (TPSA) is 54.3 Å². The minimum Gasteiger partial charge on any atom is -0.352 e. The predicted octanol–water partition coefficient (Wildman–Crippen LogP) is 3.05. The fraction of sp³-hybridized carbons (Fsp3) is 0.238. The zero-order valence-electron chi connectivity index (χ0n) is 15.1. The minimum absolute atomic E-state index is 0.0104. The first-order chi connectivity index (χ1) is 12.5. The van der Waals surface area contributed by atoms with Gasteiger partial charge in [0.25, 0.3) is 5.91 Å². The number of para-hydroxylation sites is 1. The third-order valence-corrected chi connectivity index (χ3v) is 4.36. The molecular weight excluding hydrogens is 326 g/mol. The van der Waals surface area contributed by atoms with Gasteiger partial charge in [-0.05, 0) is 35.2 Å². The molecule has 0 unspecified atom stereocenters. The first-order valence-corrected chi connectivity index (χ1v) is 8.66. The van der Waals surface area contributed by atoms with Crippen molar-refractivity contribution in [1.82, 2.24) is 14.8 Å². The van der Waals surface area contributed by atoms with E-state index in [1.807, 2.05) is 30.5 Å². The normalized spacial score (nSPS) is 10.7. The molecule has 2 aromatic carbocycles. The van der Waals surface area contributed by atoms with Crippen molar-refractivity contribution in [3.63, 3.8) is 0 Å². The molecule has 0 saturated carbocycles. The second kappa shape index (κ2) is 7.87. The highest BCUT2D eigenvalue weighted by molar-refractivity contribution is 5.93. The Morgan fingerprint density at radius 2 is 1.73 bits per heavy atom. The number of nitrogens with one attached hydrogen (secondary N) is 1. The van der Waals surface area contributed by atoms with Gasteiger partial charge in [0, 0.05) is 50.9 Å². The lowest BCUT2D eigenvalue weighted by Crippen LogP contribution is -2.24. The molecule has 0 aliphatic rings. The van der Waals surface area contributed by atoms with E-state index in [-0.39, 0.29) is 11.8 Å². The maximum absolute atomic E-state index is 12.1. The Morgan fingerprint density at radius 1 is 1.00 bits per heavy atom. The Bertz CT molecular complexity index is 910. The molecule has 0 atom stereocenters. The summed E-state index contributed by atoms with van der Waals surface area (Å²) >= 11 is 0. The Morgan fingerprint density at radius 3 is 2.46 bits per heavy atom. The number of benzene rings is 2. The van der Waals surface area contributed by atoms with Crippen LogP contribution < -0.4 is 5.32 Å². The van der Waals surface area contributed by atoms with E-state index in [1.54, 1.807) is 31.1 Å². The second-order valence-corrected chi connectivity index (χ2v) is 6.49. The zero-order valence-corrected chi connectivity index (χ0v) is 15.1. The maximum atomic E-state index is 12.1. The molecule has 1 heterocycles. The van der Waals surface area contributed by atoms with Crippen LogP contribution in [0, 0.1) is 0 Å². The molecule has 0 fully saturated rings. The van der Waals surface area contributed by atoms with Crippen LogP contribution in [0.5, 0.6) is 0 Å². The van der Waals surface area contributed by atoms with E-state index in [0.29, 0.717) is 25.1 Å². The van der Waals surface area contributed by atoms with Gasteiger partial charge in [-0.25, -0.2) is 0 Å². The van der Waals surface area contributed by atoms with E-state index in [2.05, 4.69) is 28.1 Å². The largest absolute Gasteiger partial charge is 0.352 e. The van der Waals surface area contributed by atoms with Crippen molar-refractivity contribution >= 4 is 22.7 Å². The van der Waals surface area contributed by atoms with Crippen LogP contribution in [0.15, 0.2) is 60.8 Å². The number of carbonyl (C=O) groups is 2. The molecule has 26 heavy (non-hydrogen) atoms. The van der Waals surface area contributed by atoms with E-state index in [0.717, 1.165) is 11.1 Å². The van der Waals surface area contributed by atoms with Gasteiger partial charge in [0.15, 0.2) is 0 Å². The van der Waals surface area contributed by atoms with E-state index >= 15 is 0 Å². The van der Waals surface area contributed by atoms with Crippen LogP contribution >= 0.6 is 0 Å². The standard InChI is InChI=1S/C21H23N3O2/c1-23(2)21(26)18-9-7-16(8-10-18)15-22-20(25)12-14-24-13-11-17-5-3-4-6-19(17)24/h3-11,13H,12,14-15H2,1-2H3,(H,22,25). The highest BCUT2D eigenvalue weighted by Crippen LogP contribution is 2.15. The lowest BCUT2D eigenvalue weighted by atomic mass is 10.1. The Labute approximate surface area is 153 Å². The van der Waals surface area contributed by atoms with Crippen molar-refractivity contribution in [2.24, 2.45) is 0 Å². The molecule has 0 radical (unpaired) electrons. The quantitative estimate of drug-likeness (QED) is 0.744. The Hall–Kier alpha value is -3.08. The summed E-state index contributed by atoms with van der Waals surface area (Å²) in [6.07, 6.45) is 2.44. The molecule has 0 bridgehead atoms. The molecule has 0 aliphatic carbocycles. The number of fused-ring (bicyclic) bond motifs is 1. The number of aromatic nitrogens is 1. The lowest BCUT2D eigenvalue weighted by Gasteiger charge is -2.11. The van der Waals surface area contributed by atoms with Crippen LogP contribution in [0.3, 0.4) is 0 Å². The number of rotatable bonds is 6. The van der Waals surface area contributed by atoms with Crippen molar-refractivity contribution in [1.29, 1.82) is 0 Å². The minimum atomic E-state index is -0.0282. The third kappa shape index (κ3) is 4.11. The number of hydrogen-bond acceptors (Lipinski definition) is 2. The highest BCUT2D eigenvalue weighted by Gasteiger charge is 2.08. The van der Waals surface area contributed by atoms with Gasteiger partial charge < -0.3 is 14.8 Å². The SMILES string of the molecule is CN(C)C(=O)c1ccc(CNC(=O)CCn2ccc3ccccc32)cc1. The summed E-state index contributed by atoms with van der Waals surface area (Å²) in [5, 5.41) is 4.11. The Kier molecular flexibility index (Phi) is 5.37. The summed E-state index contributed by atoms with van der Waals surface area (Å²) in [6.45, 7) is 1.11. The average molecular weight is 349 g/mol. The summed E-state index contributed by atoms with van der Waals surface area (Å²) in [5.74, 6) is -0.0178. The van der Waals surface area contributed by atoms with Gasteiger partial charge >= 0.3 is 0 Å². The summed E-state index contributed by atoms with van der Waals surface area (Å²) < 4.78 is 2.09. The predicted molar refractivity (Wildman–Crippen MR) is 103 cm³/mol. The van der Waals surface area contributed by atoms with Crippen LogP contribution in [-0.2, 0) is 17.9 Å². The van der Waals surface area contributed by atoms with Crippen molar-refractivity contribution in [2.75, 3.05) is 14.1 Å².